The molecule has 2 radical (unpaired) electrons. The van der Waals surface area contributed by atoms with Crippen LogP contribution in [0.3, 0.4) is 0 Å². The van der Waals surface area contributed by atoms with Crippen molar-refractivity contribution in [2.45, 2.75) is 45.2 Å². The molecular formula is C23H26BN3O3. The highest BCUT2D eigenvalue weighted by Crippen LogP contribution is 2.30. The van der Waals surface area contributed by atoms with E-state index in [0.717, 1.165) is 41.7 Å². The van der Waals surface area contributed by atoms with Gasteiger partial charge in [0, 0.05) is 25.3 Å². The molecule has 2 heterocycles. The zero-order valence-corrected chi connectivity index (χ0v) is 17.5. The SMILES string of the molecule is [B]c1cc(Cn2c(=O)n(C(CCC)CC(=O)O)c3ccccc32)c2c(c1)N(C)CC2. The van der Waals surface area contributed by atoms with Crippen molar-refractivity contribution in [3.63, 3.8) is 0 Å². The number of aliphatic carboxylic acids is 1. The fourth-order valence-electron chi connectivity index (χ4n) is 4.68. The predicted octanol–water partition coefficient (Wildman–Crippen LogP) is 2.45. The number of hydrogen-bond acceptors (Lipinski definition) is 3. The van der Waals surface area contributed by atoms with Gasteiger partial charge in [-0.1, -0.05) is 37.0 Å². The van der Waals surface area contributed by atoms with Crippen LogP contribution in [-0.2, 0) is 17.8 Å². The second-order valence-corrected chi connectivity index (χ2v) is 8.12. The van der Waals surface area contributed by atoms with Gasteiger partial charge in [0.05, 0.1) is 24.0 Å². The van der Waals surface area contributed by atoms with E-state index < -0.39 is 5.97 Å². The Morgan fingerprint density at radius 3 is 2.67 bits per heavy atom. The number of benzene rings is 2. The van der Waals surface area contributed by atoms with Gasteiger partial charge in [-0.05, 0) is 42.2 Å². The maximum Gasteiger partial charge on any atom is 0.329 e. The second kappa shape index (κ2) is 8.05. The van der Waals surface area contributed by atoms with Gasteiger partial charge >= 0.3 is 11.7 Å². The summed E-state index contributed by atoms with van der Waals surface area (Å²) in [5.41, 5.74) is 5.51. The summed E-state index contributed by atoms with van der Waals surface area (Å²) >= 11 is 0. The van der Waals surface area contributed by atoms with Crippen LogP contribution in [0.5, 0.6) is 0 Å². The maximum absolute atomic E-state index is 13.5. The van der Waals surface area contributed by atoms with Gasteiger partial charge in [-0.2, -0.15) is 0 Å². The molecule has 0 fully saturated rings. The number of aromatic nitrogens is 2. The zero-order valence-electron chi connectivity index (χ0n) is 17.5. The van der Waals surface area contributed by atoms with Crippen LogP contribution in [0.25, 0.3) is 11.0 Å². The number of imidazole rings is 1. The van der Waals surface area contributed by atoms with Crippen LogP contribution in [0.2, 0.25) is 0 Å². The van der Waals surface area contributed by atoms with Crippen LogP contribution in [0.4, 0.5) is 5.69 Å². The number of rotatable bonds is 7. The van der Waals surface area contributed by atoms with Crippen LogP contribution < -0.4 is 16.1 Å². The quantitative estimate of drug-likeness (QED) is 0.616. The van der Waals surface area contributed by atoms with Crippen molar-refractivity contribution in [2.75, 3.05) is 18.5 Å². The first-order valence-corrected chi connectivity index (χ1v) is 10.4. The Hall–Kier alpha value is -2.96. The molecule has 30 heavy (non-hydrogen) atoms. The predicted molar refractivity (Wildman–Crippen MR) is 120 cm³/mol. The normalized spacial score (nSPS) is 14.3. The molecule has 0 amide bonds. The number of likely N-dealkylation sites (N-methyl/N-ethyl adjacent to an activating group) is 1. The Morgan fingerprint density at radius 2 is 1.97 bits per heavy atom. The standard InChI is InChI=1S/C23H26BN3O3/c1-3-6-17(13-22(28)29)27-20-8-5-4-7-19(20)26(23(27)30)14-15-11-16(24)12-21-18(15)9-10-25(21)2/h4-5,7-8,11-12,17H,3,6,9-10,13-14H2,1-2H3,(H,28,29). The summed E-state index contributed by atoms with van der Waals surface area (Å²) in [5, 5.41) is 9.40. The molecule has 154 valence electrons. The molecule has 0 aliphatic carbocycles. The number of hydrogen-bond donors (Lipinski definition) is 1. The van der Waals surface area contributed by atoms with E-state index in [1.165, 1.54) is 5.56 Å². The monoisotopic (exact) mass is 403 g/mol. The number of carbonyl (C=O) groups is 1. The first-order chi connectivity index (χ1) is 14.4. The lowest BCUT2D eigenvalue weighted by atomic mass is 9.90. The van der Waals surface area contributed by atoms with E-state index in [-0.39, 0.29) is 18.2 Å². The number of anilines is 1. The van der Waals surface area contributed by atoms with E-state index in [1.54, 1.807) is 9.13 Å². The van der Waals surface area contributed by atoms with E-state index in [4.69, 9.17) is 7.85 Å². The molecular weight excluding hydrogens is 377 g/mol. The van der Waals surface area contributed by atoms with Gasteiger partial charge in [0.25, 0.3) is 0 Å². The molecule has 1 aliphatic rings. The summed E-state index contributed by atoms with van der Waals surface area (Å²) in [5.74, 6) is -0.895. The molecule has 1 aliphatic heterocycles. The van der Waals surface area contributed by atoms with Crippen molar-refractivity contribution in [1.29, 1.82) is 0 Å². The van der Waals surface area contributed by atoms with Gasteiger partial charge in [0.2, 0.25) is 0 Å². The van der Waals surface area contributed by atoms with Gasteiger partial charge in [0.15, 0.2) is 0 Å². The average Bonchev–Trinajstić information content (AvgIpc) is 3.19. The highest BCUT2D eigenvalue weighted by molar-refractivity contribution is 6.32. The smallest absolute Gasteiger partial charge is 0.329 e. The van der Waals surface area contributed by atoms with E-state index in [0.29, 0.717) is 18.4 Å². The van der Waals surface area contributed by atoms with Crippen molar-refractivity contribution in [3.8, 4) is 0 Å². The fraction of sp³-hybridized carbons (Fsp3) is 0.391. The summed E-state index contributed by atoms with van der Waals surface area (Å²) in [6, 6.07) is 11.2. The third-order valence-corrected chi connectivity index (χ3v) is 6.04. The van der Waals surface area contributed by atoms with E-state index in [1.807, 2.05) is 50.4 Å². The number of carboxylic acids is 1. The Kier molecular flexibility index (Phi) is 5.45. The third kappa shape index (κ3) is 3.53. The summed E-state index contributed by atoms with van der Waals surface area (Å²) in [7, 11) is 8.21. The highest BCUT2D eigenvalue weighted by Gasteiger charge is 2.24. The third-order valence-electron chi connectivity index (χ3n) is 6.04. The van der Waals surface area contributed by atoms with Crippen LogP contribution >= 0.6 is 0 Å². The van der Waals surface area contributed by atoms with Crippen LogP contribution in [-0.4, -0.2) is 41.6 Å². The molecule has 3 aromatic rings. The highest BCUT2D eigenvalue weighted by atomic mass is 16.4. The van der Waals surface area contributed by atoms with Gasteiger partial charge in [0.1, 0.15) is 7.85 Å². The van der Waals surface area contributed by atoms with Gasteiger partial charge in [-0.15, -0.1) is 0 Å². The zero-order chi connectivity index (χ0) is 21.4. The minimum Gasteiger partial charge on any atom is -0.481 e. The second-order valence-electron chi connectivity index (χ2n) is 8.12. The van der Waals surface area contributed by atoms with Gasteiger partial charge < -0.3 is 10.0 Å². The number of nitrogens with zero attached hydrogens (tertiary/aromatic N) is 3. The molecule has 6 nitrogen and oxygen atoms in total. The van der Waals surface area contributed by atoms with Gasteiger partial charge in [-0.25, -0.2) is 4.79 Å². The van der Waals surface area contributed by atoms with Crippen molar-refractivity contribution in [3.05, 3.63) is 58.0 Å². The van der Waals surface area contributed by atoms with E-state index in [2.05, 4.69) is 4.90 Å². The minimum atomic E-state index is -0.895. The number of para-hydroxylation sites is 2. The summed E-state index contributed by atoms with van der Waals surface area (Å²) in [6.07, 6.45) is 2.30. The summed E-state index contributed by atoms with van der Waals surface area (Å²) in [4.78, 5) is 27.2. The summed E-state index contributed by atoms with van der Waals surface area (Å²) < 4.78 is 3.43. The molecule has 0 bridgehead atoms. The topological polar surface area (TPSA) is 67.5 Å². The Balaban J connectivity index is 1.86. The molecule has 0 saturated carbocycles. The molecule has 1 unspecified atom stereocenters. The number of fused-ring (bicyclic) bond motifs is 2. The van der Waals surface area contributed by atoms with Crippen molar-refractivity contribution >= 4 is 36.0 Å². The molecule has 1 N–H and O–H groups in total. The molecule has 1 aromatic heterocycles. The molecule has 1 atom stereocenters. The molecule has 4 rings (SSSR count). The van der Waals surface area contributed by atoms with Crippen molar-refractivity contribution in [1.82, 2.24) is 9.13 Å². The van der Waals surface area contributed by atoms with E-state index in [9.17, 15) is 14.7 Å². The van der Waals surface area contributed by atoms with E-state index >= 15 is 0 Å². The fourth-order valence-corrected chi connectivity index (χ4v) is 4.68. The maximum atomic E-state index is 13.5. The van der Waals surface area contributed by atoms with Crippen molar-refractivity contribution < 1.29 is 9.90 Å². The Bertz CT molecular complexity index is 1160. The minimum absolute atomic E-state index is 0.0692. The average molecular weight is 403 g/mol. The molecule has 7 heteroatoms. The molecule has 2 aromatic carbocycles. The summed E-state index contributed by atoms with van der Waals surface area (Å²) in [6.45, 7) is 3.35. The van der Waals surface area contributed by atoms with Crippen LogP contribution in [0.15, 0.2) is 41.2 Å². The molecule has 0 saturated heterocycles. The van der Waals surface area contributed by atoms with Gasteiger partial charge in [-0.3, -0.25) is 13.9 Å². The lowest BCUT2D eigenvalue weighted by Crippen LogP contribution is -2.29. The lowest BCUT2D eigenvalue weighted by Gasteiger charge is -2.16. The number of carboxylic acid groups (broad SMARTS) is 1. The Morgan fingerprint density at radius 1 is 1.23 bits per heavy atom. The van der Waals surface area contributed by atoms with Crippen LogP contribution in [0, 0.1) is 0 Å². The Labute approximate surface area is 177 Å². The lowest BCUT2D eigenvalue weighted by molar-refractivity contribution is -0.137. The van der Waals surface area contributed by atoms with Crippen LogP contribution in [0.1, 0.15) is 43.4 Å². The largest absolute Gasteiger partial charge is 0.481 e. The van der Waals surface area contributed by atoms with Crippen molar-refractivity contribution in [2.24, 2.45) is 0 Å². The first kappa shape index (κ1) is 20.3. The molecule has 0 spiro atoms. The first-order valence-electron chi connectivity index (χ1n) is 10.4.